The number of para-hydroxylation sites is 1. The third-order valence-corrected chi connectivity index (χ3v) is 3.65. The fraction of sp³-hybridized carbons (Fsp3) is 0.333. The van der Waals surface area contributed by atoms with Crippen molar-refractivity contribution < 1.29 is 4.39 Å². The summed E-state index contributed by atoms with van der Waals surface area (Å²) in [5.74, 6) is -0.223. The summed E-state index contributed by atoms with van der Waals surface area (Å²) in [5, 5.41) is 0. The highest BCUT2D eigenvalue weighted by Crippen LogP contribution is 2.20. The zero-order valence-corrected chi connectivity index (χ0v) is 12.6. The molecule has 2 aromatic rings. The van der Waals surface area contributed by atoms with E-state index in [0.717, 1.165) is 37.1 Å². The molecule has 0 aromatic heterocycles. The van der Waals surface area contributed by atoms with E-state index in [1.54, 1.807) is 6.07 Å². The van der Waals surface area contributed by atoms with Crippen LogP contribution in [0, 0.1) is 5.82 Å². The van der Waals surface area contributed by atoms with Crippen molar-refractivity contribution in [3.63, 3.8) is 0 Å². The van der Waals surface area contributed by atoms with Crippen LogP contribution in [0.1, 0.15) is 30.9 Å². The Labute approximate surface area is 126 Å². The maximum Gasteiger partial charge on any atom is 0.123 e. The largest absolute Gasteiger partial charge is 0.367 e. The average molecular weight is 286 g/mol. The molecule has 0 bridgehead atoms. The quantitative estimate of drug-likeness (QED) is 0.830. The molecule has 2 N–H and O–H groups in total. The minimum atomic E-state index is -0.223. The maximum atomic E-state index is 13.3. The number of hydrogen-bond donors (Lipinski definition) is 1. The lowest BCUT2D eigenvalue weighted by atomic mass is 10.1. The van der Waals surface area contributed by atoms with Gasteiger partial charge in [0.05, 0.1) is 0 Å². The van der Waals surface area contributed by atoms with Crippen LogP contribution in [-0.4, -0.2) is 6.54 Å². The monoisotopic (exact) mass is 286 g/mol. The van der Waals surface area contributed by atoms with Gasteiger partial charge in [-0.1, -0.05) is 37.6 Å². The lowest BCUT2D eigenvalue weighted by molar-refractivity contribution is 0.623. The summed E-state index contributed by atoms with van der Waals surface area (Å²) in [6.45, 7) is 4.30. The number of halogens is 1. The Bertz CT molecular complexity index is 554. The van der Waals surface area contributed by atoms with E-state index in [-0.39, 0.29) is 5.82 Å². The Balaban J connectivity index is 2.22. The van der Waals surface area contributed by atoms with Crippen molar-refractivity contribution in [2.75, 3.05) is 11.4 Å². The fourth-order valence-electron chi connectivity index (χ4n) is 2.43. The molecule has 2 nitrogen and oxygen atoms in total. The van der Waals surface area contributed by atoms with Gasteiger partial charge in [0.25, 0.3) is 0 Å². The molecule has 2 rings (SSSR count). The Hall–Kier alpha value is -1.87. The van der Waals surface area contributed by atoms with Crippen molar-refractivity contribution in [3.8, 4) is 0 Å². The van der Waals surface area contributed by atoms with Gasteiger partial charge < -0.3 is 10.6 Å². The van der Waals surface area contributed by atoms with Gasteiger partial charge in [-0.15, -0.1) is 0 Å². The zero-order valence-electron chi connectivity index (χ0n) is 12.6. The number of anilines is 1. The molecule has 0 fully saturated rings. The average Bonchev–Trinajstić information content (AvgIpc) is 2.53. The van der Waals surface area contributed by atoms with Gasteiger partial charge >= 0.3 is 0 Å². The van der Waals surface area contributed by atoms with E-state index < -0.39 is 0 Å². The maximum absolute atomic E-state index is 13.3. The molecule has 3 heteroatoms. The first-order valence-corrected chi connectivity index (χ1v) is 7.52. The predicted molar refractivity (Wildman–Crippen MR) is 86.7 cm³/mol. The molecule has 0 saturated carbocycles. The SMILES string of the molecule is CCCCN(Cc1ccc(F)cc1CN)c1ccccc1. The van der Waals surface area contributed by atoms with E-state index in [9.17, 15) is 4.39 Å². The molecule has 0 aliphatic carbocycles. The Morgan fingerprint density at radius 1 is 1.05 bits per heavy atom. The van der Waals surface area contributed by atoms with E-state index in [4.69, 9.17) is 5.73 Å². The third kappa shape index (κ3) is 4.30. The van der Waals surface area contributed by atoms with Crippen LogP contribution in [0.2, 0.25) is 0 Å². The van der Waals surface area contributed by atoms with Crippen LogP contribution in [0.25, 0.3) is 0 Å². The highest BCUT2D eigenvalue weighted by Gasteiger charge is 2.10. The van der Waals surface area contributed by atoms with Crippen molar-refractivity contribution in [3.05, 3.63) is 65.5 Å². The van der Waals surface area contributed by atoms with Gasteiger partial charge in [-0.2, -0.15) is 0 Å². The van der Waals surface area contributed by atoms with Crippen molar-refractivity contribution >= 4 is 5.69 Å². The van der Waals surface area contributed by atoms with Gasteiger partial charge in [0.1, 0.15) is 5.82 Å². The van der Waals surface area contributed by atoms with E-state index >= 15 is 0 Å². The molecule has 0 amide bonds. The van der Waals surface area contributed by atoms with Gasteiger partial charge in [0.2, 0.25) is 0 Å². The molecule has 2 aromatic carbocycles. The standard InChI is InChI=1S/C18H23FN2/c1-2-3-11-21(18-7-5-4-6-8-18)14-15-9-10-17(19)12-16(15)13-20/h4-10,12H,2-3,11,13-14,20H2,1H3. The van der Waals surface area contributed by atoms with Gasteiger partial charge in [-0.3, -0.25) is 0 Å². The third-order valence-electron chi connectivity index (χ3n) is 3.65. The topological polar surface area (TPSA) is 29.3 Å². The second kappa shape index (κ2) is 7.79. The molecule has 0 aliphatic rings. The van der Waals surface area contributed by atoms with Gasteiger partial charge in [-0.25, -0.2) is 4.39 Å². The zero-order chi connectivity index (χ0) is 15.1. The summed E-state index contributed by atoms with van der Waals surface area (Å²) in [6, 6.07) is 15.2. The number of rotatable bonds is 7. The highest BCUT2D eigenvalue weighted by molar-refractivity contribution is 5.47. The van der Waals surface area contributed by atoms with Crippen LogP contribution in [0.5, 0.6) is 0 Å². The van der Waals surface area contributed by atoms with Crippen molar-refractivity contribution in [2.45, 2.75) is 32.9 Å². The second-order valence-corrected chi connectivity index (χ2v) is 5.23. The van der Waals surface area contributed by atoms with E-state index in [0.29, 0.717) is 6.54 Å². The van der Waals surface area contributed by atoms with Crippen LogP contribution >= 0.6 is 0 Å². The van der Waals surface area contributed by atoms with Gasteiger partial charge in [0, 0.05) is 25.3 Å². The van der Waals surface area contributed by atoms with E-state index in [2.05, 4.69) is 24.0 Å². The number of unbranched alkanes of at least 4 members (excludes halogenated alkanes) is 1. The number of nitrogens with zero attached hydrogens (tertiary/aromatic N) is 1. The summed E-state index contributed by atoms with van der Waals surface area (Å²) in [4.78, 5) is 2.33. The van der Waals surface area contributed by atoms with Crippen molar-refractivity contribution in [2.24, 2.45) is 5.73 Å². The van der Waals surface area contributed by atoms with E-state index in [1.165, 1.54) is 11.8 Å². The minimum Gasteiger partial charge on any atom is -0.367 e. The first kappa shape index (κ1) is 15.5. The summed E-state index contributed by atoms with van der Waals surface area (Å²) in [6.07, 6.45) is 2.28. The molecule has 0 heterocycles. The smallest absolute Gasteiger partial charge is 0.123 e. The molecule has 21 heavy (non-hydrogen) atoms. The molecule has 0 spiro atoms. The van der Waals surface area contributed by atoms with Crippen LogP contribution in [0.4, 0.5) is 10.1 Å². The minimum absolute atomic E-state index is 0.223. The summed E-state index contributed by atoms with van der Waals surface area (Å²) in [5.41, 5.74) is 8.92. The first-order valence-electron chi connectivity index (χ1n) is 7.52. The van der Waals surface area contributed by atoms with Crippen molar-refractivity contribution in [1.29, 1.82) is 0 Å². The summed E-state index contributed by atoms with van der Waals surface area (Å²) >= 11 is 0. The fourth-order valence-corrected chi connectivity index (χ4v) is 2.43. The molecular weight excluding hydrogens is 263 g/mol. The molecule has 0 aliphatic heterocycles. The van der Waals surface area contributed by atoms with Crippen LogP contribution in [0.15, 0.2) is 48.5 Å². The molecule has 0 unspecified atom stereocenters. The molecule has 0 radical (unpaired) electrons. The first-order chi connectivity index (χ1) is 10.2. The molecule has 112 valence electrons. The molecular formula is C18H23FN2. The number of nitrogens with two attached hydrogens (primary N) is 1. The summed E-state index contributed by atoms with van der Waals surface area (Å²) in [7, 11) is 0. The van der Waals surface area contributed by atoms with Crippen LogP contribution < -0.4 is 10.6 Å². The normalized spacial score (nSPS) is 10.6. The molecule has 0 saturated heterocycles. The van der Waals surface area contributed by atoms with Gasteiger partial charge in [-0.05, 0) is 41.8 Å². The number of benzene rings is 2. The predicted octanol–water partition coefficient (Wildman–Crippen LogP) is 4.09. The van der Waals surface area contributed by atoms with Gasteiger partial charge in [0.15, 0.2) is 0 Å². The van der Waals surface area contributed by atoms with Crippen LogP contribution in [-0.2, 0) is 13.1 Å². The highest BCUT2D eigenvalue weighted by atomic mass is 19.1. The molecule has 0 atom stereocenters. The lowest BCUT2D eigenvalue weighted by Gasteiger charge is -2.26. The summed E-state index contributed by atoms with van der Waals surface area (Å²) < 4.78 is 13.3. The Kier molecular flexibility index (Phi) is 5.76. The van der Waals surface area contributed by atoms with Crippen molar-refractivity contribution in [1.82, 2.24) is 0 Å². The Morgan fingerprint density at radius 2 is 1.81 bits per heavy atom. The number of hydrogen-bond acceptors (Lipinski definition) is 2. The second-order valence-electron chi connectivity index (χ2n) is 5.23. The van der Waals surface area contributed by atoms with E-state index in [1.807, 2.05) is 24.3 Å². The lowest BCUT2D eigenvalue weighted by Crippen LogP contribution is -2.24. The Morgan fingerprint density at radius 3 is 2.48 bits per heavy atom. The van der Waals surface area contributed by atoms with Crippen LogP contribution in [0.3, 0.4) is 0 Å².